The van der Waals surface area contributed by atoms with Crippen LogP contribution in [0, 0.1) is 0 Å². The highest BCUT2D eigenvalue weighted by atomic mass is 31.2. The molecular formula is C18H29O5P. The topological polar surface area (TPSA) is 54.0 Å². The molecule has 2 rings (SSSR count). The molecular weight excluding hydrogens is 327 g/mol. The molecule has 0 aromatic heterocycles. The van der Waals surface area contributed by atoms with Gasteiger partial charge in [-0.2, -0.15) is 0 Å². The number of benzene rings is 1. The van der Waals surface area contributed by atoms with E-state index < -0.39 is 7.60 Å². The molecule has 0 N–H and O–H groups in total. The van der Waals surface area contributed by atoms with Crippen LogP contribution in [0.4, 0.5) is 0 Å². The normalized spacial score (nSPS) is 17.7. The maximum absolute atomic E-state index is 12.4. The maximum Gasteiger partial charge on any atom is 0.330 e. The first-order valence-corrected chi connectivity index (χ1v) is 10.4. The molecule has 0 saturated heterocycles. The van der Waals surface area contributed by atoms with Crippen molar-refractivity contribution in [3.8, 4) is 11.5 Å². The average Bonchev–Trinajstić information content (AvgIpc) is 3.13. The largest absolute Gasteiger partial charge is 0.496 e. The van der Waals surface area contributed by atoms with Crippen LogP contribution in [-0.4, -0.2) is 27.0 Å². The zero-order valence-corrected chi connectivity index (χ0v) is 16.1. The second kappa shape index (κ2) is 8.89. The molecule has 1 aromatic carbocycles. The Morgan fingerprint density at radius 1 is 1.04 bits per heavy atom. The zero-order valence-electron chi connectivity index (χ0n) is 15.2. The lowest BCUT2D eigenvalue weighted by atomic mass is 9.94. The fourth-order valence-corrected chi connectivity index (χ4v) is 4.46. The van der Waals surface area contributed by atoms with Gasteiger partial charge in [0.1, 0.15) is 11.5 Å². The van der Waals surface area contributed by atoms with Crippen LogP contribution in [0.3, 0.4) is 0 Å². The van der Waals surface area contributed by atoms with Crippen molar-refractivity contribution in [2.24, 2.45) is 0 Å². The van der Waals surface area contributed by atoms with Gasteiger partial charge in [-0.05, 0) is 43.4 Å². The molecule has 0 heterocycles. The zero-order chi connectivity index (χ0) is 17.6. The van der Waals surface area contributed by atoms with Crippen LogP contribution in [0.2, 0.25) is 0 Å². The molecule has 1 aliphatic rings. The Morgan fingerprint density at radius 2 is 1.62 bits per heavy atom. The lowest BCUT2D eigenvalue weighted by Gasteiger charge is -2.21. The smallest absolute Gasteiger partial charge is 0.330 e. The van der Waals surface area contributed by atoms with Crippen LogP contribution >= 0.6 is 7.60 Å². The van der Waals surface area contributed by atoms with Gasteiger partial charge in [0.15, 0.2) is 0 Å². The molecule has 0 spiro atoms. The van der Waals surface area contributed by atoms with Crippen molar-refractivity contribution >= 4 is 7.60 Å². The van der Waals surface area contributed by atoms with Gasteiger partial charge in [-0.1, -0.05) is 19.8 Å². The van der Waals surface area contributed by atoms with Gasteiger partial charge in [0.25, 0.3) is 0 Å². The summed E-state index contributed by atoms with van der Waals surface area (Å²) in [6, 6.07) is 3.92. The van der Waals surface area contributed by atoms with Crippen LogP contribution in [0.25, 0.3) is 0 Å². The highest BCUT2D eigenvalue weighted by Crippen LogP contribution is 2.49. The van der Waals surface area contributed by atoms with E-state index in [1.54, 1.807) is 21.1 Å². The van der Waals surface area contributed by atoms with Gasteiger partial charge in [0.2, 0.25) is 0 Å². The van der Waals surface area contributed by atoms with Crippen molar-refractivity contribution in [1.29, 1.82) is 0 Å². The Hall–Kier alpha value is -1.03. The molecule has 136 valence electrons. The van der Waals surface area contributed by atoms with Crippen LogP contribution in [-0.2, 0) is 20.2 Å². The highest BCUT2D eigenvalue weighted by Gasteiger charge is 2.26. The minimum absolute atomic E-state index is 0.211. The van der Waals surface area contributed by atoms with E-state index in [2.05, 4.69) is 0 Å². The van der Waals surface area contributed by atoms with Crippen LogP contribution in [0.1, 0.15) is 56.6 Å². The van der Waals surface area contributed by atoms with Crippen molar-refractivity contribution in [3.05, 3.63) is 23.3 Å². The van der Waals surface area contributed by atoms with Gasteiger partial charge >= 0.3 is 7.60 Å². The van der Waals surface area contributed by atoms with E-state index >= 15 is 0 Å². The standard InChI is InChI=1S/C18H29O5P/c1-5-22-24(19,6-2)23-13-14-11-16(20-3)18(17(12-14)21-4)15-9-7-8-10-15/h11-12,15H,5-10,13H2,1-4H3. The minimum atomic E-state index is -3.03. The van der Waals surface area contributed by atoms with Gasteiger partial charge in [-0.15, -0.1) is 0 Å². The third-order valence-corrected chi connectivity index (χ3v) is 6.46. The second-order valence-electron chi connectivity index (χ2n) is 6.01. The summed E-state index contributed by atoms with van der Waals surface area (Å²) in [5, 5.41) is 0. The van der Waals surface area contributed by atoms with E-state index in [4.69, 9.17) is 18.5 Å². The van der Waals surface area contributed by atoms with Crippen molar-refractivity contribution in [2.75, 3.05) is 27.0 Å². The molecule has 1 aliphatic carbocycles. The molecule has 6 heteroatoms. The van der Waals surface area contributed by atoms with Gasteiger partial charge in [-0.3, -0.25) is 4.57 Å². The molecule has 5 nitrogen and oxygen atoms in total. The van der Waals surface area contributed by atoms with Crippen molar-refractivity contribution in [2.45, 2.75) is 52.1 Å². The number of rotatable bonds is 9. The van der Waals surface area contributed by atoms with Crippen molar-refractivity contribution in [3.63, 3.8) is 0 Å². The molecule has 0 amide bonds. The van der Waals surface area contributed by atoms with E-state index in [0.717, 1.165) is 35.5 Å². The van der Waals surface area contributed by atoms with Crippen LogP contribution in [0.15, 0.2) is 12.1 Å². The quantitative estimate of drug-likeness (QED) is 0.574. The molecule has 0 bridgehead atoms. The molecule has 1 atom stereocenters. The second-order valence-corrected chi connectivity index (χ2v) is 8.38. The van der Waals surface area contributed by atoms with Crippen molar-refractivity contribution < 1.29 is 23.1 Å². The first kappa shape index (κ1) is 19.3. The number of ether oxygens (including phenoxy) is 2. The predicted octanol–water partition coefficient (Wildman–Crippen LogP) is 5.13. The highest BCUT2D eigenvalue weighted by molar-refractivity contribution is 7.53. The summed E-state index contributed by atoms with van der Waals surface area (Å²) in [6.45, 7) is 4.20. The van der Waals surface area contributed by atoms with E-state index in [9.17, 15) is 4.57 Å². The van der Waals surface area contributed by atoms with Gasteiger partial charge in [0, 0.05) is 11.7 Å². The summed E-state index contributed by atoms with van der Waals surface area (Å²) < 4.78 is 34.5. The summed E-state index contributed by atoms with van der Waals surface area (Å²) in [7, 11) is 0.324. The van der Waals surface area contributed by atoms with Crippen molar-refractivity contribution in [1.82, 2.24) is 0 Å². The van der Waals surface area contributed by atoms with E-state index in [-0.39, 0.29) is 6.61 Å². The Labute approximate surface area is 145 Å². The summed E-state index contributed by atoms with van der Waals surface area (Å²) in [6.07, 6.45) is 5.18. The van der Waals surface area contributed by atoms with E-state index in [1.807, 2.05) is 19.1 Å². The average molecular weight is 356 g/mol. The van der Waals surface area contributed by atoms with E-state index in [1.165, 1.54) is 12.8 Å². The number of hydrogen-bond donors (Lipinski definition) is 0. The molecule has 1 saturated carbocycles. The first-order valence-electron chi connectivity index (χ1n) is 8.69. The van der Waals surface area contributed by atoms with Gasteiger partial charge in [-0.25, -0.2) is 0 Å². The Balaban J connectivity index is 2.24. The molecule has 0 radical (unpaired) electrons. The molecule has 24 heavy (non-hydrogen) atoms. The third-order valence-electron chi connectivity index (χ3n) is 4.51. The SMILES string of the molecule is CCOP(=O)(CC)OCc1cc(OC)c(C2CCCC2)c(OC)c1. The molecule has 0 aliphatic heterocycles. The lowest BCUT2D eigenvalue weighted by molar-refractivity contribution is 0.205. The Bertz CT molecular complexity index is 556. The minimum Gasteiger partial charge on any atom is -0.496 e. The molecule has 1 unspecified atom stereocenters. The molecule has 1 aromatic rings. The summed E-state index contributed by atoms with van der Waals surface area (Å²) >= 11 is 0. The van der Waals surface area contributed by atoms with E-state index in [0.29, 0.717) is 18.7 Å². The predicted molar refractivity (Wildman–Crippen MR) is 95.3 cm³/mol. The monoisotopic (exact) mass is 356 g/mol. The molecule has 1 fully saturated rings. The van der Waals surface area contributed by atoms with Crippen LogP contribution in [0.5, 0.6) is 11.5 Å². The summed E-state index contributed by atoms with van der Waals surface area (Å²) in [4.78, 5) is 0. The Morgan fingerprint density at radius 3 is 2.08 bits per heavy atom. The number of methoxy groups -OCH3 is 2. The van der Waals surface area contributed by atoms with Gasteiger partial charge in [0.05, 0.1) is 27.4 Å². The van der Waals surface area contributed by atoms with Gasteiger partial charge < -0.3 is 18.5 Å². The summed E-state index contributed by atoms with van der Waals surface area (Å²) in [5.41, 5.74) is 2.02. The Kier molecular flexibility index (Phi) is 7.15. The fraction of sp³-hybridized carbons (Fsp3) is 0.667. The lowest BCUT2D eigenvalue weighted by Crippen LogP contribution is -2.04. The maximum atomic E-state index is 12.4. The summed E-state index contributed by atoms with van der Waals surface area (Å²) in [5.74, 6) is 2.13. The van der Waals surface area contributed by atoms with Crippen LogP contribution < -0.4 is 9.47 Å². The first-order chi connectivity index (χ1) is 11.6. The fourth-order valence-electron chi connectivity index (χ4n) is 3.28. The number of hydrogen-bond acceptors (Lipinski definition) is 5. The third kappa shape index (κ3) is 4.53.